The van der Waals surface area contributed by atoms with Gasteiger partial charge in [-0.3, -0.25) is 0 Å². The summed E-state index contributed by atoms with van der Waals surface area (Å²) in [7, 11) is 0.179. The highest BCUT2D eigenvalue weighted by Crippen LogP contribution is 2.23. The summed E-state index contributed by atoms with van der Waals surface area (Å²) in [4.78, 5) is 6.31. The van der Waals surface area contributed by atoms with E-state index in [0.717, 1.165) is 17.7 Å². The van der Waals surface area contributed by atoms with Crippen LogP contribution in [0.3, 0.4) is 0 Å². The van der Waals surface area contributed by atoms with E-state index in [-0.39, 0.29) is 4.90 Å². The summed E-state index contributed by atoms with van der Waals surface area (Å²) in [6.45, 7) is 0.639. The highest BCUT2D eigenvalue weighted by Gasteiger charge is 2.17. The molecule has 0 spiro atoms. The Morgan fingerprint density at radius 1 is 1.18 bits per heavy atom. The summed E-state index contributed by atoms with van der Waals surface area (Å²) in [5.41, 5.74) is 1.08. The zero-order valence-electron chi connectivity index (χ0n) is 13.0. The molecule has 5 nitrogen and oxygen atoms in total. The number of aromatic nitrogens is 1. The summed E-state index contributed by atoms with van der Waals surface area (Å²) in [6.07, 6.45) is 3.53. The molecule has 2 rings (SSSR count). The van der Waals surface area contributed by atoms with Gasteiger partial charge in [0.1, 0.15) is 16.5 Å². The summed E-state index contributed by atoms with van der Waals surface area (Å²) < 4.78 is 29.0. The molecule has 0 N–H and O–H groups in total. The van der Waals surface area contributed by atoms with Crippen LogP contribution in [0.2, 0.25) is 0 Å². The van der Waals surface area contributed by atoms with E-state index in [1.54, 1.807) is 25.4 Å². The Hall–Kier alpha value is -2.08. The van der Waals surface area contributed by atoms with Crippen LogP contribution in [0, 0.1) is 0 Å². The average molecular weight is 320 g/mol. The number of likely N-dealkylation sites (N-methyl/N-ethyl adjacent to an activating group) is 1. The molecule has 2 aromatic rings. The highest BCUT2D eigenvalue weighted by molar-refractivity contribution is 7.90. The van der Waals surface area contributed by atoms with E-state index in [1.807, 2.05) is 36.2 Å². The van der Waals surface area contributed by atoms with Gasteiger partial charge < -0.3 is 9.64 Å². The molecule has 0 aliphatic carbocycles. The lowest BCUT2D eigenvalue weighted by molar-refractivity contribution is 0.409. The highest BCUT2D eigenvalue weighted by atomic mass is 32.2. The Morgan fingerprint density at radius 2 is 1.91 bits per heavy atom. The molecule has 0 aliphatic heterocycles. The lowest BCUT2D eigenvalue weighted by Crippen LogP contribution is -2.23. The molecule has 118 valence electrons. The molecule has 0 atom stereocenters. The van der Waals surface area contributed by atoms with Gasteiger partial charge in [0.2, 0.25) is 0 Å². The quantitative estimate of drug-likeness (QED) is 0.816. The van der Waals surface area contributed by atoms with Crippen molar-refractivity contribution in [2.45, 2.75) is 11.3 Å². The van der Waals surface area contributed by atoms with E-state index in [1.165, 1.54) is 6.26 Å². The van der Waals surface area contributed by atoms with Gasteiger partial charge in [-0.1, -0.05) is 18.2 Å². The molecule has 0 saturated heterocycles. The lowest BCUT2D eigenvalue weighted by Gasteiger charge is -2.21. The van der Waals surface area contributed by atoms with Crippen molar-refractivity contribution in [3.05, 3.63) is 48.2 Å². The Balaban J connectivity index is 2.19. The topological polar surface area (TPSA) is 59.5 Å². The van der Waals surface area contributed by atoms with Gasteiger partial charge in [-0.2, -0.15) is 0 Å². The first-order chi connectivity index (χ1) is 10.4. The number of pyridine rings is 1. The lowest BCUT2D eigenvalue weighted by atomic mass is 10.1. The molecule has 1 aromatic carbocycles. The molecule has 22 heavy (non-hydrogen) atoms. The van der Waals surface area contributed by atoms with Crippen LogP contribution in [-0.4, -0.2) is 40.4 Å². The van der Waals surface area contributed by atoms with E-state index in [2.05, 4.69) is 4.98 Å². The van der Waals surface area contributed by atoms with Crippen LogP contribution in [0.5, 0.6) is 5.75 Å². The number of nitrogens with zero attached hydrogens (tertiary/aromatic N) is 2. The summed E-state index contributed by atoms with van der Waals surface area (Å²) in [6, 6.07) is 11.0. The molecule has 0 radical (unpaired) electrons. The minimum absolute atomic E-state index is 0.248. The van der Waals surface area contributed by atoms with Crippen LogP contribution in [-0.2, 0) is 16.3 Å². The Labute approximate surface area is 131 Å². The van der Waals surface area contributed by atoms with Gasteiger partial charge in [-0.25, -0.2) is 13.4 Å². The number of benzene rings is 1. The molecule has 6 heteroatoms. The maximum absolute atomic E-state index is 11.8. The second-order valence-corrected chi connectivity index (χ2v) is 7.06. The number of para-hydroxylation sites is 1. The fourth-order valence-electron chi connectivity index (χ4n) is 2.26. The van der Waals surface area contributed by atoms with Crippen LogP contribution in [0.1, 0.15) is 5.56 Å². The van der Waals surface area contributed by atoms with E-state index < -0.39 is 9.84 Å². The van der Waals surface area contributed by atoms with Crippen molar-refractivity contribution in [3.8, 4) is 5.75 Å². The van der Waals surface area contributed by atoms with E-state index >= 15 is 0 Å². The van der Waals surface area contributed by atoms with Crippen molar-refractivity contribution in [2.24, 2.45) is 0 Å². The Morgan fingerprint density at radius 3 is 2.59 bits per heavy atom. The predicted octanol–water partition coefficient (Wildman–Crippen LogP) is 2.17. The molecular weight excluding hydrogens is 300 g/mol. The summed E-state index contributed by atoms with van der Waals surface area (Å²) >= 11 is 0. The minimum Gasteiger partial charge on any atom is -0.496 e. The zero-order valence-corrected chi connectivity index (χ0v) is 13.8. The SMILES string of the molecule is COc1ccccc1CCN(C)c1ncccc1S(C)(=O)=O. The molecule has 0 saturated carbocycles. The first kappa shape index (κ1) is 16.3. The fraction of sp³-hybridized carbons (Fsp3) is 0.312. The maximum atomic E-state index is 11.8. The van der Waals surface area contributed by atoms with Crippen LogP contribution in [0.15, 0.2) is 47.5 Å². The third kappa shape index (κ3) is 3.76. The Kier molecular flexibility index (Phi) is 5.03. The maximum Gasteiger partial charge on any atom is 0.179 e. The van der Waals surface area contributed by atoms with Crippen molar-refractivity contribution in [2.75, 3.05) is 31.9 Å². The number of anilines is 1. The third-order valence-corrected chi connectivity index (χ3v) is 4.54. The van der Waals surface area contributed by atoms with E-state index in [9.17, 15) is 8.42 Å². The number of hydrogen-bond acceptors (Lipinski definition) is 5. The molecule has 1 heterocycles. The molecule has 0 amide bonds. The van der Waals surface area contributed by atoms with Crippen molar-refractivity contribution in [1.82, 2.24) is 4.98 Å². The largest absolute Gasteiger partial charge is 0.496 e. The molecule has 0 aliphatic rings. The first-order valence-electron chi connectivity index (χ1n) is 6.91. The van der Waals surface area contributed by atoms with Crippen LogP contribution in [0.4, 0.5) is 5.82 Å². The molecule has 0 bridgehead atoms. The normalized spacial score (nSPS) is 11.2. The van der Waals surface area contributed by atoms with Gasteiger partial charge >= 0.3 is 0 Å². The monoisotopic (exact) mass is 320 g/mol. The number of rotatable bonds is 6. The number of hydrogen-bond donors (Lipinski definition) is 0. The zero-order chi connectivity index (χ0) is 16.2. The van der Waals surface area contributed by atoms with Crippen molar-refractivity contribution in [3.63, 3.8) is 0 Å². The average Bonchev–Trinajstić information content (AvgIpc) is 2.52. The van der Waals surface area contributed by atoms with Gasteiger partial charge in [-0.15, -0.1) is 0 Å². The summed E-state index contributed by atoms with van der Waals surface area (Å²) in [5.74, 6) is 1.31. The first-order valence-corrected chi connectivity index (χ1v) is 8.80. The predicted molar refractivity (Wildman–Crippen MR) is 87.3 cm³/mol. The van der Waals surface area contributed by atoms with Crippen LogP contribution in [0.25, 0.3) is 0 Å². The van der Waals surface area contributed by atoms with Gasteiger partial charge in [0.25, 0.3) is 0 Å². The molecule has 0 fully saturated rings. The standard InChI is InChI=1S/C16H20N2O3S/c1-18(12-10-13-7-4-5-8-14(13)21-2)16-15(22(3,19)20)9-6-11-17-16/h4-9,11H,10,12H2,1-3H3. The van der Waals surface area contributed by atoms with Crippen LogP contribution >= 0.6 is 0 Å². The third-order valence-electron chi connectivity index (χ3n) is 3.42. The van der Waals surface area contributed by atoms with Gasteiger partial charge in [0, 0.05) is 26.0 Å². The van der Waals surface area contributed by atoms with Crippen molar-refractivity contribution < 1.29 is 13.2 Å². The fourth-order valence-corrected chi connectivity index (χ4v) is 3.13. The van der Waals surface area contributed by atoms with E-state index in [4.69, 9.17) is 4.74 Å². The van der Waals surface area contributed by atoms with Crippen molar-refractivity contribution in [1.29, 1.82) is 0 Å². The second kappa shape index (κ2) is 6.79. The number of sulfone groups is 1. The number of ether oxygens (including phenoxy) is 1. The van der Waals surface area contributed by atoms with Gasteiger partial charge in [0.05, 0.1) is 7.11 Å². The van der Waals surface area contributed by atoms with Crippen molar-refractivity contribution >= 4 is 15.7 Å². The minimum atomic E-state index is -3.30. The van der Waals surface area contributed by atoms with Crippen LogP contribution < -0.4 is 9.64 Å². The second-order valence-electron chi connectivity index (χ2n) is 5.08. The Bertz CT molecular complexity index is 745. The molecule has 1 aromatic heterocycles. The van der Waals surface area contributed by atoms with E-state index in [0.29, 0.717) is 12.4 Å². The molecular formula is C16H20N2O3S. The summed E-state index contributed by atoms with van der Waals surface area (Å²) in [5, 5.41) is 0. The smallest absolute Gasteiger partial charge is 0.179 e. The number of methoxy groups -OCH3 is 1. The van der Waals surface area contributed by atoms with Gasteiger partial charge in [0.15, 0.2) is 9.84 Å². The van der Waals surface area contributed by atoms with Gasteiger partial charge in [-0.05, 0) is 30.2 Å². The molecule has 0 unspecified atom stereocenters.